The van der Waals surface area contributed by atoms with Crippen molar-refractivity contribution in [3.8, 4) is 34.3 Å². The van der Waals surface area contributed by atoms with Crippen LogP contribution in [0.3, 0.4) is 0 Å². The summed E-state index contributed by atoms with van der Waals surface area (Å²) in [6.07, 6.45) is 1.22. The predicted molar refractivity (Wildman–Crippen MR) is 183 cm³/mol. The molecule has 0 spiro atoms. The van der Waals surface area contributed by atoms with Gasteiger partial charge in [-0.2, -0.15) is 8.42 Å². The van der Waals surface area contributed by atoms with E-state index in [2.05, 4.69) is 9.97 Å². The average Bonchev–Trinajstić information content (AvgIpc) is 3.03. The lowest BCUT2D eigenvalue weighted by Crippen LogP contribution is -2.42. The van der Waals surface area contributed by atoms with Gasteiger partial charge in [0.15, 0.2) is 23.3 Å². The number of hydrogen-bond acceptors (Lipinski definition) is 16. The lowest BCUT2D eigenvalue weighted by atomic mass is 10.2. The summed E-state index contributed by atoms with van der Waals surface area (Å²) in [5, 5.41) is 0.345. The summed E-state index contributed by atoms with van der Waals surface area (Å²) in [5.74, 6) is -1.52. The van der Waals surface area contributed by atoms with Crippen LogP contribution in [0.2, 0.25) is 10.0 Å². The highest BCUT2D eigenvalue weighted by molar-refractivity contribution is 7.82. The topological polar surface area (TPSA) is 320 Å². The maximum Gasteiger partial charge on any atom is 0.540 e. The lowest BCUT2D eigenvalue weighted by molar-refractivity contribution is 0.176. The minimum Gasteiger partial charge on any atom is -0.493 e. The van der Waals surface area contributed by atoms with Gasteiger partial charge in [-0.3, -0.25) is 27.3 Å². The first kappa shape index (κ1) is 39.4. The van der Waals surface area contributed by atoms with Crippen LogP contribution in [0.15, 0.2) is 46.0 Å². The number of aromatic nitrogens is 4. The van der Waals surface area contributed by atoms with Crippen LogP contribution in [0, 0.1) is 0 Å². The van der Waals surface area contributed by atoms with Crippen LogP contribution in [0.1, 0.15) is 26.7 Å². The van der Waals surface area contributed by atoms with E-state index < -0.39 is 66.6 Å². The quantitative estimate of drug-likeness (QED) is 0.111. The second-order valence-electron chi connectivity index (χ2n) is 9.65. The molecule has 0 saturated carbocycles. The summed E-state index contributed by atoms with van der Waals surface area (Å²) in [6.45, 7) is 4.21. The van der Waals surface area contributed by atoms with Crippen LogP contribution in [-0.2, 0) is 20.8 Å². The Morgan fingerprint density at radius 3 is 1.36 bits per heavy atom. The molecule has 272 valence electrons. The molecule has 0 aliphatic carbocycles. The third kappa shape index (κ3) is 10.0. The predicted octanol–water partition coefficient (Wildman–Crippen LogP) is 1.50. The number of ether oxygens (including phenoxy) is 2. The van der Waals surface area contributed by atoms with Gasteiger partial charge in [-0.15, -0.1) is 17.9 Å². The standard InChI is InChI=1S/C26H28Cl2N8O8S.H2O4S/c1-3-9-41-17-7-5-13(27)11-15(17)23-33-21(31)19(29)25(37)35(23)43-45(39,40)44-36-24(34-22(32)20(30)26(36)38)16-12-14(28)6-8-18(16)42-10-4-2;1-5(2,3)4/h5-8,11-12H,3-4,9-10,29-32H2,1-2H3;(H2,1,2,3,4). The molecular weight excluding hydrogens is 751 g/mol. The van der Waals surface area contributed by atoms with Gasteiger partial charge < -0.3 is 32.4 Å². The molecule has 2 aromatic carbocycles. The second-order valence-corrected chi connectivity index (χ2v) is 12.5. The zero-order valence-electron chi connectivity index (χ0n) is 25.9. The molecule has 2 heterocycles. The molecule has 0 radical (unpaired) electrons. The van der Waals surface area contributed by atoms with E-state index in [1.807, 2.05) is 13.8 Å². The highest BCUT2D eigenvalue weighted by atomic mass is 35.5. The number of halogens is 2. The molecule has 50 heavy (non-hydrogen) atoms. The smallest absolute Gasteiger partial charge is 0.493 e. The zero-order chi connectivity index (χ0) is 37.6. The van der Waals surface area contributed by atoms with Gasteiger partial charge in [0.05, 0.1) is 24.3 Å². The third-order valence-corrected chi connectivity index (χ3v) is 6.97. The van der Waals surface area contributed by atoms with Gasteiger partial charge in [0.1, 0.15) is 22.9 Å². The van der Waals surface area contributed by atoms with Crippen LogP contribution >= 0.6 is 23.2 Å². The Kier molecular flexibility index (Phi) is 12.7. The Morgan fingerprint density at radius 2 is 1.04 bits per heavy atom. The summed E-state index contributed by atoms with van der Waals surface area (Å²) >= 11 is 12.4. The minimum absolute atomic E-state index is 0.0165. The monoisotopic (exact) mass is 780 g/mol. The second kappa shape index (κ2) is 16.1. The molecule has 0 unspecified atom stereocenters. The summed E-state index contributed by atoms with van der Waals surface area (Å²) in [4.78, 5) is 34.5. The van der Waals surface area contributed by atoms with Crippen LogP contribution < -0.4 is 52.1 Å². The molecule has 0 amide bonds. The molecule has 4 rings (SSSR count). The maximum absolute atomic E-state index is 13.4. The van der Waals surface area contributed by atoms with Crippen molar-refractivity contribution < 1.29 is 44.0 Å². The van der Waals surface area contributed by atoms with Gasteiger partial charge in [-0.25, -0.2) is 9.97 Å². The van der Waals surface area contributed by atoms with Gasteiger partial charge >= 0.3 is 31.9 Å². The molecule has 24 heteroatoms. The Morgan fingerprint density at radius 1 is 0.700 bits per heavy atom. The van der Waals surface area contributed by atoms with E-state index in [9.17, 15) is 18.0 Å². The van der Waals surface area contributed by atoms with Crippen LogP contribution in [-0.4, -0.2) is 58.6 Å². The zero-order valence-corrected chi connectivity index (χ0v) is 29.1. The van der Waals surface area contributed by atoms with Gasteiger partial charge in [0.2, 0.25) is 0 Å². The number of nitrogen functional groups attached to an aromatic ring is 4. The third-order valence-electron chi connectivity index (χ3n) is 5.84. The van der Waals surface area contributed by atoms with Crippen molar-refractivity contribution in [3.05, 3.63) is 67.2 Å². The molecule has 4 aromatic rings. The molecule has 0 atom stereocenters. The van der Waals surface area contributed by atoms with Gasteiger partial charge in [0.25, 0.3) is 0 Å². The molecule has 10 N–H and O–H groups in total. The largest absolute Gasteiger partial charge is 0.540 e. The molecule has 0 aliphatic heterocycles. The van der Waals surface area contributed by atoms with Crippen molar-refractivity contribution in [1.29, 1.82) is 0 Å². The normalized spacial score (nSPS) is 11.3. The fraction of sp³-hybridized carbons (Fsp3) is 0.231. The highest BCUT2D eigenvalue weighted by Crippen LogP contribution is 2.34. The van der Waals surface area contributed by atoms with E-state index in [1.165, 1.54) is 36.4 Å². The Hall–Kier alpha value is -5.00. The molecule has 0 saturated heterocycles. The summed E-state index contributed by atoms with van der Waals surface area (Å²) in [5.41, 5.74) is 19.5. The summed E-state index contributed by atoms with van der Waals surface area (Å²) in [6, 6.07) is 8.61. The van der Waals surface area contributed by atoms with Crippen molar-refractivity contribution in [2.24, 2.45) is 0 Å². The first-order chi connectivity index (χ1) is 23.3. The summed E-state index contributed by atoms with van der Waals surface area (Å²) in [7, 11) is -10.1. The van der Waals surface area contributed by atoms with E-state index in [1.54, 1.807) is 0 Å². The van der Waals surface area contributed by atoms with E-state index in [4.69, 9.17) is 81.7 Å². The molecule has 2 aromatic heterocycles. The molecule has 20 nitrogen and oxygen atoms in total. The number of anilines is 4. The van der Waals surface area contributed by atoms with Crippen molar-refractivity contribution in [1.82, 2.24) is 19.4 Å². The van der Waals surface area contributed by atoms with Gasteiger partial charge in [-0.05, 0) is 49.2 Å². The fourth-order valence-electron chi connectivity index (χ4n) is 3.77. The summed E-state index contributed by atoms with van der Waals surface area (Å²) < 4.78 is 80.3. The van der Waals surface area contributed by atoms with Crippen LogP contribution in [0.4, 0.5) is 23.0 Å². The van der Waals surface area contributed by atoms with Crippen molar-refractivity contribution in [2.45, 2.75) is 26.7 Å². The molecular formula is C26H30Cl2N8O12S2. The number of nitrogens with zero attached hydrogens (tertiary/aromatic N) is 4. The van der Waals surface area contributed by atoms with Crippen LogP contribution in [0.25, 0.3) is 22.8 Å². The van der Waals surface area contributed by atoms with E-state index in [0.717, 1.165) is 0 Å². The van der Waals surface area contributed by atoms with Crippen molar-refractivity contribution in [2.75, 3.05) is 36.1 Å². The molecule has 0 fully saturated rings. The molecule has 0 aliphatic rings. The Labute approximate surface area is 293 Å². The Bertz CT molecular complexity index is 2090. The number of benzene rings is 2. The van der Waals surface area contributed by atoms with E-state index in [-0.39, 0.29) is 55.3 Å². The average molecular weight is 782 g/mol. The van der Waals surface area contributed by atoms with Crippen LogP contribution in [0.5, 0.6) is 11.5 Å². The van der Waals surface area contributed by atoms with Gasteiger partial charge in [0, 0.05) is 10.0 Å². The van der Waals surface area contributed by atoms with E-state index in [0.29, 0.717) is 12.8 Å². The van der Waals surface area contributed by atoms with E-state index >= 15 is 0 Å². The Balaban J connectivity index is 0.00000126. The number of hydrogen-bond donors (Lipinski definition) is 6. The molecule has 0 bridgehead atoms. The van der Waals surface area contributed by atoms with Crippen molar-refractivity contribution >= 4 is 67.0 Å². The minimum atomic E-state index is -5.43. The number of rotatable bonds is 12. The van der Waals surface area contributed by atoms with Crippen molar-refractivity contribution in [3.63, 3.8) is 0 Å². The SMILES string of the molecule is CCCOc1ccc(Cl)cc1-c1nc(N)c(N)c(=O)n1OS(=O)(=O)On1c(-c2cc(Cl)ccc2OCCC)nc(N)c(N)c1=O.O=S(=O)(O)O. The fourth-order valence-corrected chi connectivity index (χ4v) is 4.79. The first-order valence-corrected chi connectivity index (χ1v) is 17.3. The first-order valence-electron chi connectivity index (χ1n) is 13.8. The maximum atomic E-state index is 13.4. The number of nitrogens with two attached hydrogens (primary N) is 4. The highest BCUT2D eigenvalue weighted by Gasteiger charge is 2.29. The lowest BCUT2D eigenvalue weighted by Gasteiger charge is -2.18. The van der Waals surface area contributed by atoms with Gasteiger partial charge in [-0.1, -0.05) is 37.0 Å².